The minimum absolute atomic E-state index is 0.0466. The van der Waals surface area contributed by atoms with Gasteiger partial charge in [-0.05, 0) is 61.9 Å². The van der Waals surface area contributed by atoms with E-state index < -0.39 is 6.10 Å². The van der Waals surface area contributed by atoms with Crippen molar-refractivity contribution in [3.8, 4) is 5.75 Å². The zero-order valence-corrected chi connectivity index (χ0v) is 15.9. The largest absolute Gasteiger partial charge is 0.480 e. The van der Waals surface area contributed by atoms with Gasteiger partial charge in [-0.25, -0.2) is 0 Å². The highest BCUT2D eigenvalue weighted by molar-refractivity contribution is 5.81. The Balaban J connectivity index is 2.04. The molecule has 3 nitrogen and oxygen atoms in total. The molecule has 0 aliphatic heterocycles. The molecule has 2 aromatic rings. The average Bonchev–Trinajstić information content (AvgIpc) is 2.62. The Hall–Kier alpha value is -2.29. The summed E-state index contributed by atoms with van der Waals surface area (Å²) >= 11 is 0. The summed E-state index contributed by atoms with van der Waals surface area (Å²) in [4.78, 5) is 12.6. The van der Waals surface area contributed by atoms with Gasteiger partial charge in [-0.1, -0.05) is 50.2 Å². The van der Waals surface area contributed by atoms with Gasteiger partial charge in [0.15, 0.2) is 6.10 Å². The summed E-state index contributed by atoms with van der Waals surface area (Å²) in [6, 6.07) is 14.4. The SMILES string of the molecule is CCc1ccc([C@H](C)NC(=O)[C@@H](CC)Oc2cc(C)ccc2C)cc1. The molecule has 0 fully saturated rings. The quantitative estimate of drug-likeness (QED) is 0.779. The number of ether oxygens (including phenoxy) is 1. The second-order valence-electron chi connectivity index (χ2n) is 6.61. The lowest BCUT2D eigenvalue weighted by Crippen LogP contribution is -2.39. The van der Waals surface area contributed by atoms with Gasteiger partial charge in [-0.3, -0.25) is 4.79 Å². The number of rotatable bonds is 7. The maximum atomic E-state index is 12.6. The molecule has 3 heteroatoms. The van der Waals surface area contributed by atoms with Crippen molar-refractivity contribution in [3.05, 3.63) is 64.7 Å². The van der Waals surface area contributed by atoms with E-state index in [4.69, 9.17) is 4.74 Å². The second kappa shape index (κ2) is 8.70. The van der Waals surface area contributed by atoms with Crippen molar-refractivity contribution in [2.45, 2.75) is 59.6 Å². The summed E-state index contributed by atoms with van der Waals surface area (Å²) in [7, 11) is 0. The number of nitrogens with one attached hydrogen (secondary N) is 1. The summed E-state index contributed by atoms with van der Waals surface area (Å²) in [5.74, 6) is 0.706. The molecule has 0 aliphatic carbocycles. The van der Waals surface area contributed by atoms with Gasteiger partial charge in [-0.15, -0.1) is 0 Å². The van der Waals surface area contributed by atoms with E-state index in [1.54, 1.807) is 0 Å². The fourth-order valence-corrected chi connectivity index (χ4v) is 2.74. The lowest BCUT2D eigenvalue weighted by atomic mass is 10.0. The van der Waals surface area contributed by atoms with Crippen LogP contribution in [0.2, 0.25) is 0 Å². The highest BCUT2D eigenvalue weighted by atomic mass is 16.5. The molecule has 0 aromatic heterocycles. The molecule has 1 amide bonds. The van der Waals surface area contributed by atoms with Crippen molar-refractivity contribution < 1.29 is 9.53 Å². The van der Waals surface area contributed by atoms with Crippen LogP contribution in [0.5, 0.6) is 5.75 Å². The first kappa shape index (κ1) is 19.0. The van der Waals surface area contributed by atoms with E-state index >= 15 is 0 Å². The minimum Gasteiger partial charge on any atom is -0.480 e. The normalized spacial score (nSPS) is 13.2. The molecule has 2 rings (SSSR count). The van der Waals surface area contributed by atoms with E-state index in [1.807, 2.05) is 45.9 Å². The van der Waals surface area contributed by atoms with Crippen LogP contribution >= 0.6 is 0 Å². The minimum atomic E-state index is -0.488. The van der Waals surface area contributed by atoms with Gasteiger partial charge in [0.05, 0.1) is 6.04 Å². The fraction of sp³-hybridized carbons (Fsp3) is 0.409. The summed E-state index contributed by atoms with van der Waals surface area (Å²) in [6.07, 6.45) is 1.15. The molecule has 25 heavy (non-hydrogen) atoms. The highest BCUT2D eigenvalue weighted by Crippen LogP contribution is 2.22. The molecule has 0 aliphatic rings. The van der Waals surface area contributed by atoms with Crippen molar-refractivity contribution in [2.24, 2.45) is 0 Å². The predicted molar refractivity (Wildman–Crippen MR) is 103 cm³/mol. The topological polar surface area (TPSA) is 38.3 Å². The first-order chi connectivity index (χ1) is 11.9. The third kappa shape index (κ3) is 5.09. The maximum Gasteiger partial charge on any atom is 0.261 e. The van der Waals surface area contributed by atoms with Gasteiger partial charge in [0.1, 0.15) is 5.75 Å². The van der Waals surface area contributed by atoms with Crippen molar-refractivity contribution in [1.82, 2.24) is 5.32 Å². The molecule has 0 saturated carbocycles. The van der Waals surface area contributed by atoms with Crippen LogP contribution < -0.4 is 10.1 Å². The van der Waals surface area contributed by atoms with Crippen LogP contribution in [0.4, 0.5) is 0 Å². The molecule has 0 unspecified atom stereocenters. The zero-order valence-electron chi connectivity index (χ0n) is 15.9. The molecule has 0 radical (unpaired) electrons. The predicted octanol–water partition coefficient (Wildman–Crippen LogP) is 4.90. The first-order valence-electron chi connectivity index (χ1n) is 9.07. The number of benzene rings is 2. The average molecular weight is 339 g/mol. The molecule has 2 atom stereocenters. The molecule has 0 spiro atoms. The van der Waals surface area contributed by atoms with Crippen LogP contribution in [-0.2, 0) is 11.2 Å². The van der Waals surface area contributed by atoms with Gasteiger partial charge in [-0.2, -0.15) is 0 Å². The number of hydrogen-bond donors (Lipinski definition) is 1. The molecule has 1 N–H and O–H groups in total. The van der Waals surface area contributed by atoms with Crippen molar-refractivity contribution in [2.75, 3.05) is 0 Å². The number of carbonyl (C=O) groups is 1. The third-order valence-electron chi connectivity index (χ3n) is 4.52. The summed E-state index contributed by atoms with van der Waals surface area (Å²) in [5, 5.41) is 3.08. The Morgan fingerprint density at radius 1 is 1.08 bits per heavy atom. The van der Waals surface area contributed by atoms with Crippen LogP contribution in [0, 0.1) is 13.8 Å². The first-order valence-corrected chi connectivity index (χ1v) is 9.07. The third-order valence-corrected chi connectivity index (χ3v) is 4.52. The number of hydrogen-bond acceptors (Lipinski definition) is 2. The van der Waals surface area contributed by atoms with Crippen molar-refractivity contribution >= 4 is 5.91 Å². The Bertz CT molecular complexity index is 706. The molecule has 0 bridgehead atoms. The van der Waals surface area contributed by atoms with Gasteiger partial charge in [0, 0.05) is 0 Å². The van der Waals surface area contributed by atoms with E-state index in [2.05, 4.69) is 36.5 Å². The fourth-order valence-electron chi connectivity index (χ4n) is 2.74. The summed E-state index contributed by atoms with van der Waals surface area (Å²) in [5.41, 5.74) is 4.57. The van der Waals surface area contributed by atoms with E-state index in [1.165, 1.54) is 5.56 Å². The molecule has 0 saturated heterocycles. The summed E-state index contributed by atoms with van der Waals surface area (Å²) < 4.78 is 6.00. The monoisotopic (exact) mass is 339 g/mol. The van der Waals surface area contributed by atoms with Crippen LogP contribution in [0.3, 0.4) is 0 Å². The van der Waals surface area contributed by atoms with Gasteiger partial charge in [0.25, 0.3) is 5.91 Å². The van der Waals surface area contributed by atoms with Crippen molar-refractivity contribution in [3.63, 3.8) is 0 Å². The maximum absolute atomic E-state index is 12.6. The molecule has 134 valence electrons. The van der Waals surface area contributed by atoms with E-state index in [0.29, 0.717) is 6.42 Å². The second-order valence-corrected chi connectivity index (χ2v) is 6.61. The van der Waals surface area contributed by atoms with Gasteiger partial charge < -0.3 is 10.1 Å². The summed E-state index contributed by atoms with van der Waals surface area (Å²) in [6.45, 7) is 10.1. The van der Waals surface area contributed by atoms with E-state index in [0.717, 1.165) is 28.9 Å². The molecule has 2 aromatic carbocycles. The van der Waals surface area contributed by atoms with E-state index in [9.17, 15) is 4.79 Å². The van der Waals surface area contributed by atoms with Crippen LogP contribution in [0.15, 0.2) is 42.5 Å². The molecular weight excluding hydrogens is 310 g/mol. The van der Waals surface area contributed by atoms with Crippen molar-refractivity contribution in [1.29, 1.82) is 0 Å². The number of amides is 1. The van der Waals surface area contributed by atoms with Crippen LogP contribution in [0.25, 0.3) is 0 Å². The Kier molecular flexibility index (Phi) is 6.63. The van der Waals surface area contributed by atoms with Crippen LogP contribution in [-0.4, -0.2) is 12.0 Å². The van der Waals surface area contributed by atoms with Gasteiger partial charge in [0.2, 0.25) is 0 Å². The zero-order chi connectivity index (χ0) is 18.4. The molecular formula is C22H29NO2. The van der Waals surface area contributed by atoms with Crippen LogP contribution in [0.1, 0.15) is 55.5 Å². The lowest BCUT2D eigenvalue weighted by Gasteiger charge is -2.22. The highest BCUT2D eigenvalue weighted by Gasteiger charge is 2.21. The number of aryl methyl sites for hydroxylation is 3. The Morgan fingerprint density at radius 3 is 2.36 bits per heavy atom. The molecule has 0 heterocycles. The van der Waals surface area contributed by atoms with E-state index in [-0.39, 0.29) is 11.9 Å². The number of carbonyl (C=O) groups excluding carboxylic acids is 1. The van der Waals surface area contributed by atoms with Gasteiger partial charge >= 0.3 is 0 Å². The lowest BCUT2D eigenvalue weighted by molar-refractivity contribution is -0.128. The Morgan fingerprint density at radius 2 is 1.76 bits per heavy atom. The Labute approximate surface area is 151 Å². The smallest absolute Gasteiger partial charge is 0.261 e. The standard InChI is InChI=1S/C22H29NO2/c1-6-18-10-12-19(13-11-18)17(5)23-22(24)20(7-2)25-21-14-15(3)8-9-16(21)4/h8-14,17,20H,6-7H2,1-5H3,(H,23,24)/t17-,20+/m0/s1.